The maximum absolute atomic E-state index is 14.0. The van der Waals surface area contributed by atoms with Gasteiger partial charge in [0.1, 0.15) is 11.6 Å². The van der Waals surface area contributed by atoms with Gasteiger partial charge in [-0.25, -0.2) is 9.37 Å². The Balaban J connectivity index is 1.37. The lowest BCUT2D eigenvalue weighted by molar-refractivity contribution is 0.0742. The average molecular weight is 427 g/mol. The third-order valence-corrected chi connectivity index (χ3v) is 5.18. The Kier molecular flexibility index (Phi) is 5.76. The van der Waals surface area contributed by atoms with Gasteiger partial charge in [-0.05, 0) is 43.3 Å². The van der Waals surface area contributed by atoms with Crippen LogP contribution in [-0.2, 0) is 0 Å². The number of nitrogens with zero attached hydrogens (tertiary/aromatic N) is 5. The van der Waals surface area contributed by atoms with Crippen molar-refractivity contribution >= 4 is 35.0 Å². The predicted octanol–water partition coefficient (Wildman–Crippen LogP) is 3.68. The summed E-state index contributed by atoms with van der Waals surface area (Å²) >= 11 is 6.02. The number of carbonyl (C=O) groups excluding carboxylic acids is 1. The third-order valence-electron chi connectivity index (χ3n) is 4.86. The van der Waals surface area contributed by atoms with Crippen LogP contribution in [0.3, 0.4) is 0 Å². The monoisotopic (exact) mass is 426 g/mol. The molecular formula is C21H20ClFN6O. The van der Waals surface area contributed by atoms with Crippen molar-refractivity contribution in [2.24, 2.45) is 0 Å². The summed E-state index contributed by atoms with van der Waals surface area (Å²) < 4.78 is 14.0. The number of hydrogen-bond donors (Lipinski definition) is 1. The second-order valence-electron chi connectivity index (χ2n) is 6.94. The maximum Gasteiger partial charge on any atom is 0.258 e. The number of rotatable bonds is 4. The molecule has 1 N–H and O–H groups in total. The molecule has 1 saturated heterocycles. The van der Waals surface area contributed by atoms with Crippen LogP contribution < -0.4 is 10.2 Å². The van der Waals surface area contributed by atoms with Crippen molar-refractivity contribution in [1.82, 2.24) is 20.1 Å². The number of hydrogen-bond acceptors (Lipinski definition) is 6. The molecular weight excluding hydrogens is 407 g/mol. The van der Waals surface area contributed by atoms with Gasteiger partial charge in [0.05, 0.1) is 10.6 Å². The van der Waals surface area contributed by atoms with Gasteiger partial charge in [-0.2, -0.15) is 0 Å². The first kappa shape index (κ1) is 20.0. The topological polar surface area (TPSA) is 74.2 Å². The predicted molar refractivity (Wildman–Crippen MR) is 114 cm³/mol. The second kappa shape index (κ2) is 8.62. The van der Waals surface area contributed by atoms with Crippen LogP contribution in [-0.4, -0.2) is 52.2 Å². The lowest BCUT2D eigenvalue weighted by atomic mass is 10.1. The van der Waals surface area contributed by atoms with Crippen molar-refractivity contribution in [3.63, 3.8) is 0 Å². The van der Waals surface area contributed by atoms with E-state index in [1.807, 2.05) is 42.2 Å². The molecule has 0 radical (unpaired) electrons. The van der Waals surface area contributed by atoms with E-state index in [9.17, 15) is 9.18 Å². The molecule has 7 nitrogen and oxygen atoms in total. The fraction of sp³-hybridized carbons (Fsp3) is 0.238. The molecule has 9 heteroatoms. The first-order valence-electron chi connectivity index (χ1n) is 9.54. The summed E-state index contributed by atoms with van der Waals surface area (Å²) in [5.41, 5.74) is 0.835. The van der Waals surface area contributed by atoms with Crippen molar-refractivity contribution in [2.45, 2.75) is 6.92 Å². The Morgan fingerprint density at radius 2 is 1.77 bits per heavy atom. The van der Waals surface area contributed by atoms with E-state index in [2.05, 4.69) is 20.5 Å². The number of halogens is 2. The van der Waals surface area contributed by atoms with E-state index in [1.165, 1.54) is 18.2 Å². The van der Waals surface area contributed by atoms with E-state index in [-0.39, 0.29) is 10.6 Å². The Morgan fingerprint density at radius 1 is 1.00 bits per heavy atom. The normalized spacial score (nSPS) is 14.0. The molecule has 0 aliphatic carbocycles. The maximum atomic E-state index is 14.0. The number of piperazine rings is 1. The van der Waals surface area contributed by atoms with Crippen molar-refractivity contribution in [3.8, 4) is 0 Å². The van der Waals surface area contributed by atoms with Crippen LogP contribution in [0.5, 0.6) is 0 Å². The highest BCUT2D eigenvalue weighted by Crippen LogP contribution is 2.22. The SMILES string of the molecule is Cc1cccc(Nc2ccc(N3CCN(C(=O)c4c(F)cccc4Cl)CC3)nn2)n1. The number of carbonyl (C=O) groups is 1. The second-order valence-corrected chi connectivity index (χ2v) is 7.35. The third kappa shape index (κ3) is 4.33. The molecule has 154 valence electrons. The number of benzene rings is 1. The standard InChI is InChI=1S/C21H20ClFN6O/c1-14-4-2-7-17(24-14)25-18-8-9-19(27-26-18)28-10-12-29(13-11-28)21(30)20-15(22)5-3-6-16(20)23/h2-9H,10-13H2,1H3,(H,24,25,26). The van der Waals surface area contributed by atoms with Gasteiger partial charge in [-0.15, -0.1) is 10.2 Å². The molecule has 4 rings (SSSR count). The smallest absolute Gasteiger partial charge is 0.258 e. The molecule has 0 saturated carbocycles. The highest BCUT2D eigenvalue weighted by Gasteiger charge is 2.26. The molecule has 0 spiro atoms. The molecule has 1 amide bonds. The summed E-state index contributed by atoms with van der Waals surface area (Å²) in [6.07, 6.45) is 0. The van der Waals surface area contributed by atoms with E-state index in [0.29, 0.717) is 43.6 Å². The number of anilines is 3. The molecule has 3 aromatic rings. The fourth-order valence-electron chi connectivity index (χ4n) is 3.30. The minimum Gasteiger partial charge on any atom is -0.352 e. The lowest BCUT2D eigenvalue weighted by Crippen LogP contribution is -2.49. The van der Waals surface area contributed by atoms with E-state index in [0.717, 1.165) is 5.69 Å². The summed E-state index contributed by atoms with van der Waals surface area (Å²) in [6, 6.07) is 13.7. The van der Waals surface area contributed by atoms with Crippen molar-refractivity contribution in [2.75, 3.05) is 36.4 Å². The van der Waals surface area contributed by atoms with E-state index >= 15 is 0 Å². The first-order valence-corrected chi connectivity index (χ1v) is 9.92. The van der Waals surface area contributed by atoms with Gasteiger partial charge in [-0.3, -0.25) is 4.79 Å². The van der Waals surface area contributed by atoms with Gasteiger partial charge >= 0.3 is 0 Å². The van der Waals surface area contributed by atoms with Gasteiger partial charge in [0.2, 0.25) is 0 Å². The largest absolute Gasteiger partial charge is 0.352 e. The molecule has 1 aliphatic rings. The zero-order chi connectivity index (χ0) is 21.1. The van der Waals surface area contributed by atoms with Gasteiger partial charge in [-0.1, -0.05) is 23.7 Å². The van der Waals surface area contributed by atoms with E-state index in [1.54, 1.807) is 4.90 Å². The lowest BCUT2D eigenvalue weighted by Gasteiger charge is -2.35. The van der Waals surface area contributed by atoms with Crippen LogP contribution in [0.4, 0.5) is 21.8 Å². The summed E-state index contributed by atoms with van der Waals surface area (Å²) in [5.74, 6) is 1.02. The van der Waals surface area contributed by atoms with Crippen molar-refractivity contribution < 1.29 is 9.18 Å². The minimum absolute atomic E-state index is 0.0763. The quantitative estimate of drug-likeness (QED) is 0.686. The zero-order valence-electron chi connectivity index (χ0n) is 16.3. The van der Waals surface area contributed by atoms with Crippen LogP contribution in [0.15, 0.2) is 48.5 Å². The Labute approximate surface area is 178 Å². The molecule has 2 aromatic heterocycles. The Bertz CT molecular complexity index is 1030. The number of nitrogens with one attached hydrogen (secondary N) is 1. The molecule has 3 heterocycles. The fourth-order valence-corrected chi connectivity index (χ4v) is 3.55. The average Bonchev–Trinajstić information content (AvgIpc) is 2.74. The summed E-state index contributed by atoms with van der Waals surface area (Å²) in [6.45, 7) is 3.94. The van der Waals surface area contributed by atoms with Crippen LogP contribution in [0.1, 0.15) is 16.1 Å². The summed E-state index contributed by atoms with van der Waals surface area (Å²) in [7, 11) is 0. The van der Waals surface area contributed by atoms with E-state index in [4.69, 9.17) is 11.6 Å². The number of amides is 1. The van der Waals surface area contributed by atoms with Crippen molar-refractivity contribution in [1.29, 1.82) is 0 Å². The van der Waals surface area contributed by atoms with Gasteiger partial charge in [0.25, 0.3) is 5.91 Å². The number of aryl methyl sites for hydroxylation is 1. The van der Waals surface area contributed by atoms with Gasteiger partial charge in [0.15, 0.2) is 11.6 Å². The highest BCUT2D eigenvalue weighted by atomic mass is 35.5. The number of aromatic nitrogens is 3. The first-order chi connectivity index (χ1) is 14.5. The summed E-state index contributed by atoms with van der Waals surface area (Å²) in [5, 5.41) is 11.7. The molecule has 0 bridgehead atoms. The van der Waals surface area contributed by atoms with Gasteiger partial charge < -0.3 is 15.1 Å². The molecule has 1 aromatic carbocycles. The van der Waals surface area contributed by atoms with Crippen LogP contribution in [0, 0.1) is 12.7 Å². The Hall–Kier alpha value is -3.26. The Morgan fingerprint density at radius 3 is 2.43 bits per heavy atom. The van der Waals surface area contributed by atoms with Crippen LogP contribution >= 0.6 is 11.6 Å². The van der Waals surface area contributed by atoms with Crippen LogP contribution in [0.2, 0.25) is 5.02 Å². The van der Waals surface area contributed by atoms with Crippen LogP contribution in [0.25, 0.3) is 0 Å². The molecule has 1 fully saturated rings. The van der Waals surface area contributed by atoms with E-state index < -0.39 is 11.7 Å². The minimum atomic E-state index is -0.605. The molecule has 0 unspecified atom stereocenters. The molecule has 0 atom stereocenters. The molecule has 30 heavy (non-hydrogen) atoms. The highest BCUT2D eigenvalue weighted by molar-refractivity contribution is 6.33. The number of pyridine rings is 1. The molecule has 1 aliphatic heterocycles. The zero-order valence-corrected chi connectivity index (χ0v) is 17.1. The summed E-state index contributed by atoms with van der Waals surface area (Å²) in [4.78, 5) is 20.7. The van der Waals surface area contributed by atoms with Gasteiger partial charge in [0, 0.05) is 31.9 Å². The van der Waals surface area contributed by atoms with Crippen molar-refractivity contribution in [3.05, 3.63) is 70.6 Å².